The SMILES string of the molecule is CC(C)CNCc1nnc(Cc2ccccc2)s1. The van der Waals surface area contributed by atoms with Crippen molar-refractivity contribution >= 4 is 11.3 Å². The molecule has 18 heavy (non-hydrogen) atoms. The molecule has 0 amide bonds. The molecule has 96 valence electrons. The van der Waals surface area contributed by atoms with Crippen LogP contribution in [0.3, 0.4) is 0 Å². The standard InChI is InChI=1S/C14H19N3S/c1-11(2)9-15-10-14-17-16-13(18-14)8-12-6-4-3-5-7-12/h3-7,11,15H,8-10H2,1-2H3. The highest BCUT2D eigenvalue weighted by Crippen LogP contribution is 2.14. The van der Waals surface area contributed by atoms with Crippen LogP contribution in [0.4, 0.5) is 0 Å². The van der Waals surface area contributed by atoms with E-state index in [0.717, 1.165) is 29.5 Å². The fourth-order valence-electron chi connectivity index (χ4n) is 1.67. The van der Waals surface area contributed by atoms with Gasteiger partial charge < -0.3 is 5.32 Å². The Morgan fingerprint density at radius 3 is 2.56 bits per heavy atom. The van der Waals surface area contributed by atoms with Crippen LogP contribution in [0.2, 0.25) is 0 Å². The zero-order valence-corrected chi connectivity index (χ0v) is 11.7. The summed E-state index contributed by atoms with van der Waals surface area (Å²) in [4.78, 5) is 0. The van der Waals surface area contributed by atoms with E-state index in [2.05, 4.69) is 53.6 Å². The fourth-order valence-corrected chi connectivity index (χ4v) is 2.52. The minimum atomic E-state index is 0.668. The summed E-state index contributed by atoms with van der Waals surface area (Å²) in [5.74, 6) is 0.668. The molecular weight excluding hydrogens is 242 g/mol. The molecule has 0 spiro atoms. The Bertz CT molecular complexity index is 465. The van der Waals surface area contributed by atoms with E-state index in [1.165, 1.54) is 5.56 Å². The number of benzene rings is 1. The Morgan fingerprint density at radius 2 is 1.83 bits per heavy atom. The monoisotopic (exact) mass is 261 g/mol. The van der Waals surface area contributed by atoms with E-state index in [0.29, 0.717) is 5.92 Å². The van der Waals surface area contributed by atoms with E-state index in [1.807, 2.05) is 6.07 Å². The van der Waals surface area contributed by atoms with Crippen molar-refractivity contribution in [2.45, 2.75) is 26.8 Å². The maximum absolute atomic E-state index is 4.24. The molecule has 0 saturated carbocycles. The first-order chi connectivity index (χ1) is 8.74. The predicted molar refractivity (Wildman–Crippen MR) is 75.7 cm³/mol. The second-order valence-electron chi connectivity index (χ2n) is 4.78. The summed E-state index contributed by atoms with van der Waals surface area (Å²) in [6, 6.07) is 10.4. The number of nitrogens with zero attached hydrogens (tertiary/aromatic N) is 2. The molecular formula is C14H19N3S. The lowest BCUT2D eigenvalue weighted by molar-refractivity contribution is 0.550. The zero-order valence-electron chi connectivity index (χ0n) is 10.9. The van der Waals surface area contributed by atoms with Gasteiger partial charge in [0, 0.05) is 13.0 Å². The number of aromatic nitrogens is 2. The Hall–Kier alpha value is -1.26. The van der Waals surface area contributed by atoms with Gasteiger partial charge in [0.15, 0.2) is 0 Å². The maximum Gasteiger partial charge on any atom is 0.131 e. The molecule has 1 N–H and O–H groups in total. The normalized spacial score (nSPS) is 11.1. The molecule has 0 aliphatic carbocycles. The Morgan fingerprint density at radius 1 is 1.11 bits per heavy atom. The third-order valence-corrected chi connectivity index (χ3v) is 3.46. The molecule has 3 nitrogen and oxygen atoms in total. The highest BCUT2D eigenvalue weighted by atomic mass is 32.1. The van der Waals surface area contributed by atoms with Gasteiger partial charge in [0.1, 0.15) is 10.0 Å². The summed E-state index contributed by atoms with van der Waals surface area (Å²) >= 11 is 1.69. The molecule has 4 heteroatoms. The van der Waals surface area contributed by atoms with Gasteiger partial charge in [-0.2, -0.15) is 0 Å². The van der Waals surface area contributed by atoms with Gasteiger partial charge in [-0.15, -0.1) is 10.2 Å². The van der Waals surface area contributed by atoms with Gasteiger partial charge in [-0.05, 0) is 18.0 Å². The number of hydrogen-bond donors (Lipinski definition) is 1. The van der Waals surface area contributed by atoms with Crippen molar-refractivity contribution in [2.75, 3.05) is 6.54 Å². The summed E-state index contributed by atoms with van der Waals surface area (Å²) in [5, 5.41) is 14.0. The van der Waals surface area contributed by atoms with Crippen LogP contribution < -0.4 is 5.32 Å². The van der Waals surface area contributed by atoms with Gasteiger partial charge in [-0.25, -0.2) is 0 Å². The molecule has 0 radical (unpaired) electrons. The Balaban J connectivity index is 1.86. The van der Waals surface area contributed by atoms with Crippen molar-refractivity contribution in [2.24, 2.45) is 5.92 Å². The van der Waals surface area contributed by atoms with Crippen LogP contribution in [0.25, 0.3) is 0 Å². The van der Waals surface area contributed by atoms with Gasteiger partial charge in [-0.1, -0.05) is 55.5 Å². The lowest BCUT2D eigenvalue weighted by atomic mass is 10.2. The van der Waals surface area contributed by atoms with E-state index in [9.17, 15) is 0 Å². The van der Waals surface area contributed by atoms with Crippen LogP contribution >= 0.6 is 11.3 Å². The van der Waals surface area contributed by atoms with E-state index in [4.69, 9.17) is 0 Å². The highest BCUT2D eigenvalue weighted by molar-refractivity contribution is 7.11. The molecule has 0 fully saturated rings. The quantitative estimate of drug-likeness (QED) is 0.869. The zero-order chi connectivity index (χ0) is 12.8. The molecule has 0 unspecified atom stereocenters. The van der Waals surface area contributed by atoms with E-state index < -0.39 is 0 Å². The van der Waals surface area contributed by atoms with Crippen molar-refractivity contribution in [3.63, 3.8) is 0 Å². The number of hydrogen-bond acceptors (Lipinski definition) is 4. The van der Waals surface area contributed by atoms with Crippen molar-refractivity contribution < 1.29 is 0 Å². The van der Waals surface area contributed by atoms with Crippen molar-refractivity contribution in [1.82, 2.24) is 15.5 Å². The second kappa shape index (κ2) is 6.61. The van der Waals surface area contributed by atoms with Crippen LogP contribution in [-0.4, -0.2) is 16.7 Å². The summed E-state index contributed by atoms with van der Waals surface area (Å²) in [6.07, 6.45) is 0.878. The molecule has 1 aromatic carbocycles. The highest BCUT2D eigenvalue weighted by Gasteiger charge is 2.05. The molecule has 0 atom stereocenters. The average molecular weight is 261 g/mol. The molecule has 2 aromatic rings. The molecule has 1 heterocycles. The molecule has 0 aliphatic rings. The molecule has 2 rings (SSSR count). The van der Waals surface area contributed by atoms with Crippen LogP contribution in [-0.2, 0) is 13.0 Å². The van der Waals surface area contributed by atoms with Crippen LogP contribution in [0, 0.1) is 5.92 Å². The first-order valence-corrected chi connectivity index (χ1v) is 7.11. The molecule has 1 aromatic heterocycles. The Kier molecular flexibility index (Phi) is 4.84. The van der Waals surface area contributed by atoms with Crippen molar-refractivity contribution in [1.29, 1.82) is 0 Å². The lowest BCUT2D eigenvalue weighted by Crippen LogP contribution is -2.18. The first kappa shape index (κ1) is 13.2. The van der Waals surface area contributed by atoms with Gasteiger partial charge in [-0.3, -0.25) is 0 Å². The molecule has 0 bridgehead atoms. The summed E-state index contributed by atoms with van der Waals surface area (Å²) in [7, 11) is 0. The van der Waals surface area contributed by atoms with Crippen LogP contribution in [0.5, 0.6) is 0 Å². The predicted octanol–water partition coefficient (Wildman–Crippen LogP) is 2.87. The second-order valence-corrected chi connectivity index (χ2v) is 5.92. The third kappa shape index (κ3) is 4.20. The molecule has 0 saturated heterocycles. The average Bonchev–Trinajstić information content (AvgIpc) is 2.78. The van der Waals surface area contributed by atoms with Gasteiger partial charge in [0.2, 0.25) is 0 Å². The molecule has 0 aliphatic heterocycles. The maximum atomic E-state index is 4.24. The van der Waals surface area contributed by atoms with Gasteiger partial charge >= 0.3 is 0 Å². The van der Waals surface area contributed by atoms with E-state index in [-0.39, 0.29) is 0 Å². The van der Waals surface area contributed by atoms with Crippen molar-refractivity contribution in [3.05, 3.63) is 45.9 Å². The van der Waals surface area contributed by atoms with Crippen LogP contribution in [0.15, 0.2) is 30.3 Å². The first-order valence-electron chi connectivity index (χ1n) is 6.30. The van der Waals surface area contributed by atoms with Gasteiger partial charge in [0.25, 0.3) is 0 Å². The number of rotatable bonds is 6. The van der Waals surface area contributed by atoms with E-state index in [1.54, 1.807) is 11.3 Å². The smallest absolute Gasteiger partial charge is 0.131 e. The number of nitrogens with one attached hydrogen (secondary N) is 1. The van der Waals surface area contributed by atoms with Crippen molar-refractivity contribution in [3.8, 4) is 0 Å². The largest absolute Gasteiger partial charge is 0.310 e. The topological polar surface area (TPSA) is 37.8 Å². The summed E-state index contributed by atoms with van der Waals surface area (Å²) in [6.45, 7) is 6.25. The minimum absolute atomic E-state index is 0.668. The Labute approximate surface area is 112 Å². The van der Waals surface area contributed by atoms with Gasteiger partial charge in [0.05, 0.1) is 0 Å². The summed E-state index contributed by atoms with van der Waals surface area (Å²) < 4.78 is 0. The summed E-state index contributed by atoms with van der Waals surface area (Å²) in [5.41, 5.74) is 1.29. The fraction of sp³-hybridized carbons (Fsp3) is 0.429. The third-order valence-electron chi connectivity index (χ3n) is 2.54. The minimum Gasteiger partial charge on any atom is -0.310 e. The van der Waals surface area contributed by atoms with Crippen LogP contribution in [0.1, 0.15) is 29.4 Å². The lowest BCUT2D eigenvalue weighted by Gasteiger charge is -2.03. The van der Waals surface area contributed by atoms with E-state index >= 15 is 0 Å².